The van der Waals surface area contributed by atoms with Gasteiger partial charge in [0.15, 0.2) is 5.69 Å². The van der Waals surface area contributed by atoms with Crippen molar-refractivity contribution >= 4 is 11.9 Å². The molecule has 8 heteroatoms. The largest absolute Gasteiger partial charge is 0.461 e. The number of amides is 1. The molecule has 1 amide bonds. The van der Waals surface area contributed by atoms with Gasteiger partial charge in [0.2, 0.25) is 5.91 Å². The van der Waals surface area contributed by atoms with Crippen molar-refractivity contribution in [3.63, 3.8) is 0 Å². The minimum absolute atomic E-state index is 0.0575. The number of esters is 1. The Morgan fingerprint density at radius 3 is 2.66 bits per heavy atom. The van der Waals surface area contributed by atoms with Crippen molar-refractivity contribution in [1.82, 2.24) is 19.8 Å². The molecule has 0 fully saturated rings. The molecule has 0 spiro atoms. The molecule has 0 aliphatic carbocycles. The third-order valence-electron chi connectivity index (χ3n) is 5.26. The smallest absolute Gasteiger partial charge is 0.359 e. The number of rotatable bonds is 7. The summed E-state index contributed by atoms with van der Waals surface area (Å²) in [6, 6.07) is 0. The number of nitrogens with zero attached hydrogens (tertiary/aromatic N) is 4. The SMILES string of the molecule is CCOC(=O)c1nn(CC(C)C)c2c1CN(C(=O)CCc1c(C)noc1C)CC2. The van der Waals surface area contributed by atoms with Gasteiger partial charge in [-0.15, -0.1) is 0 Å². The van der Waals surface area contributed by atoms with Gasteiger partial charge in [-0.25, -0.2) is 4.79 Å². The summed E-state index contributed by atoms with van der Waals surface area (Å²) in [5.74, 6) is 0.804. The number of fused-ring (bicyclic) bond motifs is 1. The third kappa shape index (κ3) is 4.52. The molecule has 0 bridgehead atoms. The van der Waals surface area contributed by atoms with E-state index >= 15 is 0 Å². The zero-order valence-corrected chi connectivity index (χ0v) is 17.9. The topological polar surface area (TPSA) is 90.5 Å². The van der Waals surface area contributed by atoms with E-state index in [0.717, 1.165) is 34.8 Å². The molecule has 3 heterocycles. The van der Waals surface area contributed by atoms with E-state index in [1.807, 2.05) is 23.4 Å². The number of aryl methyl sites for hydroxylation is 2. The Morgan fingerprint density at radius 1 is 1.28 bits per heavy atom. The van der Waals surface area contributed by atoms with Gasteiger partial charge in [0.1, 0.15) is 5.76 Å². The van der Waals surface area contributed by atoms with Gasteiger partial charge in [0.25, 0.3) is 0 Å². The Morgan fingerprint density at radius 2 is 2.03 bits per heavy atom. The van der Waals surface area contributed by atoms with E-state index in [2.05, 4.69) is 24.1 Å². The van der Waals surface area contributed by atoms with E-state index in [1.165, 1.54) is 0 Å². The van der Waals surface area contributed by atoms with Crippen LogP contribution in [0.2, 0.25) is 0 Å². The molecule has 0 unspecified atom stereocenters. The van der Waals surface area contributed by atoms with Crippen molar-refractivity contribution in [2.75, 3.05) is 13.2 Å². The summed E-state index contributed by atoms with van der Waals surface area (Å²) < 4.78 is 12.3. The molecule has 158 valence electrons. The quantitative estimate of drug-likeness (QED) is 0.662. The second-order valence-electron chi connectivity index (χ2n) is 7.94. The van der Waals surface area contributed by atoms with Crippen molar-refractivity contribution in [2.45, 2.75) is 67.0 Å². The Balaban J connectivity index is 1.76. The Bertz CT molecular complexity index is 877. The van der Waals surface area contributed by atoms with Crippen LogP contribution in [0.25, 0.3) is 0 Å². The molecular formula is C21H30N4O4. The molecule has 1 aliphatic rings. The Hall–Kier alpha value is -2.64. The van der Waals surface area contributed by atoms with Crippen LogP contribution < -0.4 is 0 Å². The maximum absolute atomic E-state index is 12.8. The predicted octanol–water partition coefficient (Wildman–Crippen LogP) is 2.84. The van der Waals surface area contributed by atoms with Gasteiger partial charge in [-0.1, -0.05) is 19.0 Å². The van der Waals surface area contributed by atoms with Crippen molar-refractivity contribution < 1.29 is 18.8 Å². The van der Waals surface area contributed by atoms with E-state index < -0.39 is 5.97 Å². The maximum atomic E-state index is 12.8. The van der Waals surface area contributed by atoms with Crippen LogP contribution in [0.15, 0.2) is 4.52 Å². The molecule has 2 aromatic rings. The number of hydrogen-bond donors (Lipinski definition) is 0. The molecule has 0 atom stereocenters. The highest BCUT2D eigenvalue weighted by Crippen LogP contribution is 2.25. The predicted molar refractivity (Wildman–Crippen MR) is 106 cm³/mol. The average Bonchev–Trinajstić information content (AvgIpc) is 3.19. The van der Waals surface area contributed by atoms with Gasteiger partial charge >= 0.3 is 5.97 Å². The lowest BCUT2D eigenvalue weighted by molar-refractivity contribution is -0.132. The summed E-state index contributed by atoms with van der Waals surface area (Å²) in [7, 11) is 0. The molecule has 0 radical (unpaired) electrons. The van der Waals surface area contributed by atoms with Crippen LogP contribution in [0.3, 0.4) is 0 Å². The zero-order chi connectivity index (χ0) is 21.1. The molecule has 1 aliphatic heterocycles. The highest BCUT2D eigenvalue weighted by atomic mass is 16.5. The molecule has 0 N–H and O–H groups in total. The molecule has 29 heavy (non-hydrogen) atoms. The Labute approximate surface area is 171 Å². The first-order chi connectivity index (χ1) is 13.8. The summed E-state index contributed by atoms with van der Waals surface area (Å²) in [6.07, 6.45) is 1.67. The third-order valence-corrected chi connectivity index (χ3v) is 5.26. The molecule has 8 nitrogen and oxygen atoms in total. The lowest BCUT2D eigenvalue weighted by Crippen LogP contribution is -2.37. The molecule has 2 aromatic heterocycles. The van der Waals surface area contributed by atoms with Crippen LogP contribution in [0.4, 0.5) is 0 Å². The monoisotopic (exact) mass is 402 g/mol. The number of carbonyl (C=O) groups excluding carboxylic acids is 2. The number of aromatic nitrogens is 3. The van der Waals surface area contributed by atoms with E-state index in [-0.39, 0.29) is 5.91 Å². The van der Waals surface area contributed by atoms with Crippen LogP contribution >= 0.6 is 0 Å². The fourth-order valence-corrected chi connectivity index (χ4v) is 3.81. The zero-order valence-electron chi connectivity index (χ0n) is 17.9. The van der Waals surface area contributed by atoms with E-state index in [9.17, 15) is 9.59 Å². The second kappa shape index (κ2) is 8.80. The maximum Gasteiger partial charge on any atom is 0.359 e. The van der Waals surface area contributed by atoms with Crippen molar-refractivity contribution in [3.8, 4) is 0 Å². The summed E-state index contributed by atoms with van der Waals surface area (Å²) in [6.45, 7) is 11.8. The van der Waals surface area contributed by atoms with Crippen LogP contribution in [-0.4, -0.2) is 44.9 Å². The molecule has 0 saturated carbocycles. The van der Waals surface area contributed by atoms with Gasteiger partial charge in [0, 0.05) is 49.3 Å². The van der Waals surface area contributed by atoms with Crippen LogP contribution in [0.1, 0.15) is 66.0 Å². The fourth-order valence-electron chi connectivity index (χ4n) is 3.81. The first-order valence-electron chi connectivity index (χ1n) is 10.3. The summed E-state index contributed by atoms with van der Waals surface area (Å²) in [5, 5.41) is 8.49. The molecule has 3 rings (SSSR count). The Kier molecular flexibility index (Phi) is 6.39. The highest BCUT2D eigenvalue weighted by Gasteiger charge is 2.30. The van der Waals surface area contributed by atoms with E-state index in [1.54, 1.807) is 6.92 Å². The van der Waals surface area contributed by atoms with Crippen LogP contribution in [0, 0.1) is 19.8 Å². The van der Waals surface area contributed by atoms with Crippen LogP contribution in [0.5, 0.6) is 0 Å². The first kappa shape index (κ1) is 21.1. The standard InChI is InChI=1S/C21H30N4O4/c1-6-28-21(27)20-17-12-24(10-9-18(17)25(22-20)11-13(2)3)19(26)8-7-16-14(4)23-29-15(16)5/h13H,6-12H2,1-5H3. The van der Waals surface area contributed by atoms with Gasteiger partial charge in [0.05, 0.1) is 12.3 Å². The summed E-state index contributed by atoms with van der Waals surface area (Å²) in [5.41, 5.74) is 4.02. The van der Waals surface area contributed by atoms with Gasteiger partial charge < -0.3 is 14.2 Å². The van der Waals surface area contributed by atoms with Gasteiger partial charge in [-0.2, -0.15) is 5.10 Å². The van der Waals surface area contributed by atoms with Crippen molar-refractivity contribution in [2.24, 2.45) is 5.92 Å². The fraction of sp³-hybridized carbons (Fsp3) is 0.619. The highest BCUT2D eigenvalue weighted by molar-refractivity contribution is 5.89. The number of hydrogen-bond acceptors (Lipinski definition) is 6. The normalized spacial score (nSPS) is 13.7. The van der Waals surface area contributed by atoms with E-state index in [0.29, 0.717) is 50.6 Å². The number of carbonyl (C=O) groups is 2. The summed E-state index contributed by atoms with van der Waals surface area (Å²) in [4.78, 5) is 27.1. The lowest BCUT2D eigenvalue weighted by Gasteiger charge is -2.28. The van der Waals surface area contributed by atoms with Crippen molar-refractivity contribution in [3.05, 3.63) is 34.0 Å². The van der Waals surface area contributed by atoms with Gasteiger partial charge in [-0.3, -0.25) is 9.48 Å². The minimum atomic E-state index is -0.420. The second-order valence-corrected chi connectivity index (χ2v) is 7.94. The van der Waals surface area contributed by atoms with Gasteiger partial charge in [-0.05, 0) is 33.1 Å². The van der Waals surface area contributed by atoms with E-state index in [4.69, 9.17) is 9.26 Å². The van der Waals surface area contributed by atoms with Crippen molar-refractivity contribution in [1.29, 1.82) is 0 Å². The summed E-state index contributed by atoms with van der Waals surface area (Å²) >= 11 is 0. The molecular weight excluding hydrogens is 372 g/mol. The molecule has 0 saturated heterocycles. The lowest BCUT2D eigenvalue weighted by atomic mass is 10.0. The minimum Gasteiger partial charge on any atom is -0.461 e. The molecule has 0 aromatic carbocycles. The first-order valence-corrected chi connectivity index (χ1v) is 10.3. The van der Waals surface area contributed by atoms with Crippen LogP contribution in [-0.2, 0) is 35.5 Å². The number of ether oxygens (including phenoxy) is 1. The average molecular weight is 402 g/mol.